The SMILES string of the molecule is CC(C)c1cccc(NC(=O)NC(C)(C)CC(=O)O)c1. The molecule has 0 heterocycles. The molecular formula is C15H22N2O3. The van der Waals surface area contributed by atoms with Crippen LogP contribution in [0.15, 0.2) is 24.3 Å². The van der Waals surface area contributed by atoms with Gasteiger partial charge in [-0.2, -0.15) is 0 Å². The van der Waals surface area contributed by atoms with Crippen LogP contribution in [-0.4, -0.2) is 22.6 Å². The number of amides is 2. The van der Waals surface area contributed by atoms with E-state index in [2.05, 4.69) is 24.5 Å². The molecule has 0 aliphatic carbocycles. The van der Waals surface area contributed by atoms with Gasteiger partial charge in [0.05, 0.1) is 6.42 Å². The predicted molar refractivity (Wildman–Crippen MR) is 79.0 cm³/mol. The summed E-state index contributed by atoms with van der Waals surface area (Å²) in [5.74, 6) is -0.569. The lowest BCUT2D eigenvalue weighted by molar-refractivity contribution is -0.138. The minimum absolute atomic E-state index is 0.132. The number of rotatable bonds is 5. The number of carboxylic acids is 1. The molecule has 0 atom stereocenters. The topological polar surface area (TPSA) is 78.4 Å². The zero-order valence-electron chi connectivity index (χ0n) is 12.4. The molecule has 110 valence electrons. The highest BCUT2D eigenvalue weighted by atomic mass is 16.4. The molecule has 0 aliphatic heterocycles. The molecular weight excluding hydrogens is 256 g/mol. The summed E-state index contributed by atoms with van der Waals surface area (Å²) in [5.41, 5.74) is 1.03. The van der Waals surface area contributed by atoms with Gasteiger partial charge in [-0.1, -0.05) is 26.0 Å². The van der Waals surface area contributed by atoms with Crippen LogP contribution >= 0.6 is 0 Å². The Kier molecular flexibility index (Phi) is 5.13. The van der Waals surface area contributed by atoms with Gasteiger partial charge in [-0.25, -0.2) is 4.79 Å². The number of hydrogen-bond acceptors (Lipinski definition) is 2. The van der Waals surface area contributed by atoms with Crippen LogP contribution in [0.3, 0.4) is 0 Å². The van der Waals surface area contributed by atoms with Crippen molar-refractivity contribution in [3.8, 4) is 0 Å². The molecule has 1 aromatic rings. The molecule has 0 bridgehead atoms. The molecule has 5 heteroatoms. The van der Waals surface area contributed by atoms with Gasteiger partial charge in [0, 0.05) is 11.2 Å². The van der Waals surface area contributed by atoms with Gasteiger partial charge in [-0.05, 0) is 37.5 Å². The van der Waals surface area contributed by atoms with Gasteiger partial charge in [-0.15, -0.1) is 0 Å². The highest BCUT2D eigenvalue weighted by Gasteiger charge is 2.23. The maximum Gasteiger partial charge on any atom is 0.319 e. The Hall–Kier alpha value is -2.04. The number of benzene rings is 1. The first-order valence-corrected chi connectivity index (χ1v) is 6.60. The van der Waals surface area contributed by atoms with Crippen molar-refractivity contribution in [3.05, 3.63) is 29.8 Å². The van der Waals surface area contributed by atoms with Gasteiger partial charge in [0.2, 0.25) is 0 Å². The van der Waals surface area contributed by atoms with E-state index in [4.69, 9.17) is 5.11 Å². The standard InChI is InChI=1S/C15H22N2O3/c1-10(2)11-6-5-7-12(8-11)16-14(20)17-15(3,4)9-13(18)19/h5-8,10H,9H2,1-4H3,(H,18,19)(H2,16,17,20). The van der Waals surface area contributed by atoms with Gasteiger partial charge in [0.1, 0.15) is 0 Å². The van der Waals surface area contributed by atoms with Crippen LogP contribution in [0.2, 0.25) is 0 Å². The minimum atomic E-state index is -0.947. The summed E-state index contributed by atoms with van der Waals surface area (Å²) < 4.78 is 0. The van der Waals surface area contributed by atoms with E-state index >= 15 is 0 Å². The summed E-state index contributed by atoms with van der Waals surface area (Å²) in [7, 11) is 0. The molecule has 1 aromatic carbocycles. The lowest BCUT2D eigenvalue weighted by Crippen LogP contribution is -2.46. The normalized spacial score (nSPS) is 11.2. The Morgan fingerprint density at radius 1 is 1.30 bits per heavy atom. The summed E-state index contributed by atoms with van der Waals surface area (Å²) in [6.45, 7) is 7.50. The summed E-state index contributed by atoms with van der Waals surface area (Å²) in [6.07, 6.45) is -0.132. The van der Waals surface area contributed by atoms with Crippen molar-refractivity contribution in [2.75, 3.05) is 5.32 Å². The molecule has 0 saturated carbocycles. The average molecular weight is 278 g/mol. The van der Waals surface area contributed by atoms with Gasteiger partial charge in [0.15, 0.2) is 0 Å². The number of carbonyl (C=O) groups is 2. The Morgan fingerprint density at radius 3 is 2.50 bits per heavy atom. The van der Waals surface area contributed by atoms with E-state index in [0.717, 1.165) is 5.56 Å². The maximum atomic E-state index is 11.9. The van der Waals surface area contributed by atoms with Gasteiger partial charge in [-0.3, -0.25) is 4.79 Å². The zero-order chi connectivity index (χ0) is 15.3. The highest BCUT2D eigenvalue weighted by molar-refractivity contribution is 5.90. The third-order valence-corrected chi connectivity index (χ3v) is 2.86. The number of anilines is 1. The molecule has 0 unspecified atom stereocenters. The largest absolute Gasteiger partial charge is 0.481 e. The van der Waals surface area contributed by atoms with Crippen molar-refractivity contribution >= 4 is 17.7 Å². The first-order chi connectivity index (χ1) is 9.19. The fourth-order valence-corrected chi connectivity index (χ4v) is 1.87. The number of carboxylic acid groups (broad SMARTS) is 1. The number of urea groups is 1. The van der Waals surface area contributed by atoms with Crippen molar-refractivity contribution < 1.29 is 14.7 Å². The molecule has 5 nitrogen and oxygen atoms in total. The number of hydrogen-bond donors (Lipinski definition) is 3. The maximum absolute atomic E-state index is 11.9. The van der Waals surface area contributed by atoms with E-state index in [-0.39, 0.29) is 6.42 Å². The molecule has 0 radical (unpaired) electrons. The van der Waals surface area contributed by atoms with Gasteiger partial charge >= 0.3 is 12.0 Å². The van der Waals surface area contributed by atoms with E-state index in [9.17, 15) is 9.59 Å². The predicted octanol–water partition coefficient (Wildman–Crippen LogP) is 3.18. The second-order valence-corrected chi connectivity index (χ2v) is 5.81. The van der Waals surface area contributed by atoms with Crippen LogP contribution in [0.25, 0.3) is 0 Å². The Labute approximate surface area is 119 Å². The third-order valence-electron chi connectivity index (χ3n) is 2.86. The first-order valence-electron chi connectivity index (χ1n) is 6.60. The van der Waals surface area contributed by atoms with Crippen molar-refractivity contribution in [1.29, 1.82) is 0 Å². The Bertz CT molecular complexity index is 496. The van der Waals surface area contributed by atoms with E-state index in [1.165, 1.54) is 0 Å². The molecule has 3 N–H and O–H groups in total. The Morgan fingerprint density at radius 2 is 1.95 bits per heavy atom. The van der Waals surface area contributed by atoms with Crippen molar-refractivity contribution in [2.45, 2.75) is 45.6 Å². The molecule has 2 amide bonds. The molecule has 0 aromatic heterocycles. The molecule has 0 aliphatic rings. The second-order valence-electron chi connectivity index (χ2n) is 5.81. The van der Waals surface area contributed by atoms with Crippen LogP contribution in [-0.2, 0) is 4.79 Å². The lowest BCUT2D eigenvalue weighted by atomic mass is 10.0. The smallest absolute Gasteiger partial charge is 0.319 e. The molecule has 20 heavy (non-hydrogen) atoms. The van der Waals surface area contributed by atoms with Crippen LogP contribution < -0.4 is 10.6 Å². The number of nitrogens with one attached hydrogen (secondary N) is 2. The highest BCUT2D eigenvalue weighted by Crippen LogP contribution is 2.18. The van der Waals surface area contributed by atoms with E-state index in [0.29, 0.717) is 11.6 Å². The Balaban J connectivity index is 2.67. The monoisotopic (exact) mass is 278 g/mol. The molecule has 0 fully saturated rings. The minimum Gasteiger partial charge on any atom is -0.481 e. The summed E-state index contributed by atoms with van der Waals surface area (Å²) in [5, 5.41) is 14.2. The third kappa shape index (κ3) is 5.30. The van der Waals surface area contributed by atoms with Crippen molar-refractivity contribution in [3.63, 3.8) is 0 Å². The van der Waals surface area contributed by atoms with Crippen molar-refractivity contribution in [1.82, 2.24) is 5.32 Å². The van der Waals surface area contributed by atoms with E-state index < -0.39 is 17.5 Å². The average Bonchev–Trinajstić information content (AvgIpc) is 2.25. The quantitative estimate of drug-likeness (QED) is 0.774. The molecule has 0 spiro atoms. The second kappa shape index (κ2) is 6.41. The molecule has 0 saturated heterocycles. The van der Waals surface area contributed by atoms with Crippen LogP contribution in [0.1, 0.15) is 45.6 Å². The first kappa shape index (κ1) is 16.0. The number of carbonyl (C=O) groups excluding carboxylic acids is 1. The van der Waals surface area contributed by atoms with E-state index in [1.807, 2.05) is 18.2 Å². The van der Waals surface area contributed by atoms with Crippen LogP contribution in [0, 0.1) is 0 Å². The van der Waals surface area contributed by atoms with Crippen LogP contribution in [0.5, 0.6) is 0 Å². The fraction of sp³-hybridized carbons (Fsp3) is 0.467. The van der Waals surface area contributed by atoms with Gasteiger partial charge in [0.25, 0.3) is 0 Å². The number of aliphatic carboxylic acids is 1. The lowest BCUT2D eigenvalue weighted by Gasteiger charge is -2.24. The van der Waals surface area contributed by atoms with Crippen molar-refractivity contribution in [2.24, 2.45) is 0 Å². The van der Waals surface area contributed by atoms with Crippen LogP contribution in [0.4, 0.5) is 10.5 Å². The molecule has 1 rings (SSSR count). The van der Waals surface area contributed by atoms with E-state index in [1.54, 1.807) is 19.9 Å². The zero-order valence-corrected chi connectivity index (χ0v) is 12.4. The van der Waals surface area contributed by atoms with Gasteiger partial charge < -0.3 is 15.7 Å². The summed E-state index contributed by atoms with van der Waals surface area (Å²) in [6, 6.07) is 7.19. The fourth-order valence-electron chi connectivity index (χ4n) is 1.87. The summed E-state index contributed by atoms with van der Waals surface area (Å²) in [4.78, 5) is 22.6. The summed E-state index contributed by atoms with van der Waals surface area (Å²) >= 11 is 0.